The van der Waals surface area contributed by atoms with E-state index in [9.17, 15) is 9.59 Å². The zero-order valence-corrected chi connectivity index (χ0v) is 16.3. The van der Waals surface area contributed by atoms with Crippen molar-refractivity contribution in [2.75, 3.05) is 10.6 Å². The van der Waals surface area contributed by atoms with Crippen molar-refractivity contribution in [3.63, 3.8) is 0 Å². The van der Waals surface area contributed by atoms with Gasteiger partial charge in [-0.05, 0) is 73.9 Å². The van der Waals surface area contributed by atoms with Gasteiger partial charge in [-0.15, -0.1) is 0 Å². The van der Waals surface area contributed by atoms with E-state index in [1.807, 2.05) is 32.0 Å². The van der Waals surface area contributed by atoms with Crippen LogP contribution in [-0.4, -0.2) is 11.8 Å². The van der Waals surface area contributed by atoms with Crippen molar-refractivity contribution < 1.29 is 14.0 Å². The molecule has 0 bridgehead atoms. The van der Waals surface area contributed by atoms with Gasteiger partial charge in [0.2, 0.25) is 5.91 Å². The Hall–Kier alpha value is -3.34. The van der Waals surface area contributed by atoms with Crippen molar-refractivity contribution in [1.82, 2.24) is 0 Å². The summed E-state index contributed by atoms with van der Waals surface area (Å²) in [6.45, 7) is 6.06. The predicted molar refractivity (Wildman–Crippen MR) is 112 cm³/mol. The molecular formula is C23H24N2O3. The lowest BCUT2D eigenvalue weighted by molar-refractivity contribution is -0.116. The van der Waals surface area contributed by atoms with Gasteiger partial charge in [0.1, 0.15) is 5.76 Å². The molecular weight excluding hydrogens is 352 g/mol. The third-order valence-corrected chi connectivity index (χ3v) is 4.52. The van der Waals surface area contributed by atoms with Crippen LogP contribution < -0.4 is 10.6 Å². The molecule has 5 nitrogen and oxygen atoms in total. The summed E-state index contributed by atoms with van der Waals surface area (Å²) in [6, 6.07) is 16.5. The van der Waals surface area contributed by atoms with E-state index in [0.29, 0.717) is 23.6 Å². The van der Waals surface area contributed by atoms with Gasteiger partial charge in [-0.1, -0.05) is 19.1 Å². The summed E-state index contributed by atoms with van der Waals surface area (Å²) in [5, 5.41) is 5.62. The van der Waals surface area contributed by atoms with Crippen molar-refractivity contribution in [3.8, 4) is 11.3 Å². The van der Waals surface area contributed by atoms with E-state index in [1.165, 1.54) is 11.1 Å². The number of nitrogens with one attached hydrogen (secondary N) is 2. The Bertz CT molecular complexity index is 987. The summed E-state index contributed by atoms with van der Waals surface area (Å²) < 4.78 is 5.73. The first-order valence-electron chi connectivity index (χ1n) is 9.35. The fourth-order valence-electron chi connectivity index (χ4n) is 2.79. The van der Waals surface area contributed by atoms with Crippen molar-refractivity contribution in [2.24, 2.45) is 0 Å². The van der Waals surface area contributed by atoms with Crippen LogP contribution in [0.4, 0.5) is 11.4 Å². The van der Waals surface area contributed by atoms with E-state index < -0.39 is 0 Å². The zero-order chi connectivity index (χ0) is 20.1. The number of aryl methyl sites for hydroxylation is 2. The molecule has 0 radical (unpaired) electrons. The number of furan rings is 1. The topological polar surface area (TPSA) is 71.3 Å². The summed E-state index contributed by atoms with van der Waals surface area (Å²) in [5.74, 6) is 0.558. The number of carbonyl (C=O) groups excluding carboxylic acids is 2. The van der Waals surface area contributed by atoms with Gasteiger partial charge in [-0.2, -0.15) is 0 Å². The largest absolute Gasteiger partial charge is 0.451 e. The number of rotatable bonds is 6. The molecule has 3 rings (SSSR count). The molecule has 1 aromatic heterocycles. The molecule has 0 aliphatic heterocycles. The monoisotopic (exact) mass is 376 g/mol. The van der Waals surface area contributed by atoms with Crippen molar-refractivity contribution >= 4 is 23.2 Å². The van der Waals surface area contributed by atoms with E-state index in [4.69, 9.17) is 4.42 Å². The van der Waals surface area contributed by atoms with E-state index in [1.54, 1.807) is 36.4 Å². The third-order valence-electron chi connectivity index (χ3n) is 4.52. The summed E-state index contributed by atoms with van der Waals surface area (Å²) >= 11 is 0. The number of amides is 2. The highest BCUT2D eigenvalue weighted by Crippen LogP contribution is 2.25. The molecule has 0 spiro atoms. The summed E-state index contributed by atoms with van der Waals surface area (Å²) in [4.78, 5) is 24.1. The number of hydrogen-bond donors (Lipinski definition) is 2. The predicted octanol–water partition coefficient (Wildman–Crippen LogP) is 5.55. The summed E-state index contributed by atoms with van der Waals surface area (Å²) in [6.07, 6.45) is 1.28. The van der Waals surface area contributed by atoms with E-state index in [0.717, 1.165) is 12.0 Å². The number of benzene rings is 2. The molecule has 0 unspecified atom stereocenters. The second-order valence-corrected chi connectivity index (χ2v) is 6.79. The highest BCUT2D eigenvalue weighted by atomic mass is 16.3. The average Bonchev–Trinajstić information content (AvgIpc) is 3.16. The van der Waals surface area contributed by atoms with Crippen molar-refractivity contribution in [2.45, 2.75) is 33.6 Å². The minimum Gasteiger partial charge on any atom is -0.451 e. The maximum absolute atomic E-state index is 12.5. The fourth-order valence-corrected chi connectivity index (χ4v) is 2.79. The molecule has 28 heavy (non-hydrogen) atoms. The second kappa shape index (κ2) is 8.57. The molecule has 1 heterocycles. The van der Waals surface area contributed by atoms with Gasteiger partial charge in [0, 0.05) is 23.4 Å². The van der Waals surface area contributed by atoms with Crippen LogP contribution in [0.1, 0.15) is 41.4 Å². The van der Waals surface area contributed by atoms with E-state index in [2.05, 4.69) is 17.6 Å². The van der Waals surface area contributed by atoms with Crippen molar-refractivity contribution in [3.05, 3.63) is 71.5 Å². The molecule has 0 aliphatic rings. The summed E-state index contributed by atoms with van der Waals surface area (Å²) in [5.41, 5.74) is 4.65. The lowest BCUT2D eigenvalue weighted by Crippen LogP contribution is -2.12. The maximum atomic E-state index is 12.5. The van der Waals surface area contributed by atoms with Crippen LogP contribution in [0.15, 0.2) is 59.0 Å². The molecule has 0 aliphatic carbocycles. The molecule has 2 aromatic carbocycles. The number of carbonyl (C=O) groups is 2. The zero-order valence-electron chi connectivity index (χ0n) is 16.3. The Kier molecular flexibility index (Phi) is 5.94. The molecule has 0 fully saturated rings. The molecule has 144 valence electrons. The molecule has 2 N–H and O–H groups in total. The number of hydrogen-bond acceptors (Lipinski definition) is 3. The Balaban J connectivity index is 1.66. The standard InChI is InChI=1S/C23H24N2O3/c1-4-5-22(26)24-18-8-10-19(11-9-18)25-23(27)21-13-12-20(28-21)17-7-6-15(2)16(3)14-17/h6-14H,4-5H2,1-3H3,(H,24,26)(H,25,27). The highest BCUT2D eigenvalue weighted by molar-refractivity contribution is 6.02. The maximum Gasteiger partial charge on any atom is 0.291 e. The minimum absolute atomic E-state index is 0.0197. The quantitative estimate of drug-likeness (QED) is 0.592. The molecule has 0 atom stereocenters. The van der Waals surface area contributed by atoms with Crippen LogP contribution in [0.25, 0.3) is 11.3 Å². The normalized spacial score (nSPS) is 10.5. The Morgan fingerprint density at radius 1 is 0.857 bits per heavy atom. The summed E-state index contributed by atoms with van der Waals surface area (Å²) in [7, 11) is 0. The highest BCUT2D eigenvalue weighted by Gasteiger charge is 2.13. The molecule has 0 saturated carbocycles. The molecule has 2 amide bonds. The van der Waals surface area contributed by atoms with Crippen LogP contribution in [0.3, 0.4) is 0 Å². The first kappa shape index (κ1) is 19.4. The van der Waals surface area contributed by atoms with Crippen LogP contribution in [0.5, 0.6) is 0 Å². The molecule has 5 heteroatoms. The number of anilines is 2. The first-order valence-corrected chi connectivity index (χ1v) is 9.35. The molecule has 0 saturated heterocycles. The van der Waals surface area contributed by atoms with Crippen LogP contribution >= 0.6 is 0 Å². The Morgan fingerprint density at radius 2 is 1.54 bits per heavy atom. The fraction of sp³-hybridized carbons (Fsp3) is 0.217. The van der Waals surface area contributed by atoms with E-state index >= 15 is 0 Å². The van der Waals surface area contributed by atoms with Gasteiger partial charge in [-0.25, -0.2) is 0 Å². The Labute approximate surface area is 164 Å². The minimum atomic E-state index is -0.321. The SMILES string of the molecule is CCCC(=O)Nc1ccc(NC(=O)c2ccc(-c3ccc(C)c(C)c3)o2)cc1. The average molecular weight is 376 g/mol. The third kappa shape index (κ3) is 4.68. The smallest absolute Gasteiger partial charge is 0.291 e. The van der Waals surface area contributed by atoms with Gasteiger partial charge >= 0.3 is 0 Å². The van der Waals surface area contributed by atoms with Crippen LogP contribution in [0, 0.1) is 13.8 Å². The lowest BCUT2D eigenvalue weighted by Gasteiger charge is -2.07. The van der Waals surface area contributed by atoms with Gasteiger partial charge < -0.3 is 15.1 Å². The van der Waals surface area contributed by atoms with Gasteiger partial charge in [0.15, 0.2) is 5.76 Å². The van der Waals surface area contributed by atoms with Gasteiger partial charge in [0.05, 0.1) is 0 Å². The second-order valence-electron chi connectivity index (χ2n) is 6.79. The van der Waals surface area contributed by atoms with Crippen LogP contribution in [-0.2, 0) is 4.79 Å². The van der Waals surface area contributed by atoms with E-state index in [-0.39, 0.29) is 17.6 Å². The first-order chi connectivity index (χ1) is 13.5. The lowest BCUT2D eigenvalue weighted by atomic mass is 10.1. The Morgan fingerprint density at radius 3 is 2.18 bits per heavy atom. The van der Waals surface area contributed by atoms with Gasteiger partial charge in [0.25, 0.3) is 5.91 Å². The van der Waals surface area contributed by atoms with Crippen molar-refractivity contribution in [1.29, 1.82) is 0 Å². The van der Waals surface area contributed by atoms with Gasteiger partial charge in [-0.3, -0.25) is 9.59 Å². The van der Waals surface area contributed by atoms with Crippen LogP contribution in [0.2, 0.25) is 0 Å². The molecule has 3 aromatic rings.